The molecule has 0 atom stereocenters. The number of rotatable bonds is 2. The van der Waals surface area contributed by atoms with Gasteiger partial charge in [-0.3, -0.25) is 0 Å². The van der Waals surface area contributed by atoms with Crippen LogP contribution in [0.5, 0.6) is 0 Å². The highest BCUT2D eigenvalue weighted by molar-refractivity contribution is 7.15. The van der Waals surface area contributed by atoms with Gasteiger partial charge in [0.15, 0.2) is 0 Å². The van der Waals surface area contributed by atoms with Crippen LogP contribution in [-0.4, -0.2) is 4.98 Å². The molecule has 2 aromatic heterocycles. The summed E-state index contributed by atoms with van der Waals surface area (Å²) in [6.07, 6.45) is 1.12. The molecule has 17 heavy (non-hydrogen) atoms. The summed E-state index contributed by atoms with van der Waals surface area (Å²) in [6.45, 7) is 4.40. The van der Waals surface area contributed by atoms with E-state index in [-0.39, 0.29) is 0 Å². The molecule has 3 aromatic rings. The summed E-state index contributed by atoms with van der Waals surface area (Å²) in [5, 5.41) is 1.33. The Kier molecular flexibility index (Phi) is 2.52. The lowest BCUT2D eigenvalue weighted by Crippen LogP contribution is -1.74. The first-order chi connectivity index (χ1) is 8.29. The minimum atomic E-state index is 1.12. The zero-order valence-corrected chi connectivity index (χ0v) is 10.9. The Hall–Kier alpha value is -1.54. The van der Waals surface area contributed by atoms with E-state index in [0.29, 0.717) is 0 Å². The monoisotopic (exact) mass is 241 g/mol. The largest absolute Gasteiger partial charge is 0.354 e. The van der Waals surface area contributed by atoms with Gasteiger partial charge in [-0.05, 0) is 37.1 Å². The molecule has 0 bridgehead atoms. The van der Waals surface area contributed by atoms with Gasteiger partial charge in [0.05, 0.1) is 10.6 Å². The van der Waals surface area contributed by atoms with E-state index >= 15 is 0 Å². The number of benzene rings is 1. The van der Waals surface area contributed by atoms with Gasteiger partial charge in [-0.1, -0.05) is 25.1 Å². The van der Waals surface area contributed by atoms with E-state index in [2.05, 4.69) is 55.2 Å². The van der Waals surface area contributed by atoms with Crippen LogP contribution in [0.3, 0.4) is 0 Å². The quantitative estimate of drug-likeness (QED) is 0.665. The summed E-state index contributed by atoms with van der Waals surface area (Å²) in [6, 6.07) is 12.9. The summed E-state index contributed by atoms with van der Waals surface area (Å²) >= 11 is 1.88. The number of aryl methyl sites for hydroxylation is 2. The van der Waals surface area contributed by atoms with Crippen LogP contribution in [0.1, 0.15) is 17.4 Å². The minimum absolute atomic E-state index is 1.12. The molecule has 2 heteroatoms. The van der Waals surface area contributed by atoms with Gasteiger partial charge in [0.2, 0.25) is 0 Å². The summed E-state index contributed by atoms with van der Waals surface area (Å²) in [5.41, 5.74) is 3.85. The van der Waals surface area contributed by atoms with Gasteiger partial charge < -0.3 is 4.98 Å². The van der Waals surface area contributed by atoms with Gasteiger partial charge in [-0.2, -0.15) is 0 Å². The molecule has 0 spiro atoms. The number of hydrogen-bond donors (Lipinski definition) is 1. The van der Waals surface area contributed by atoms with Crippen LogP contribution < -0.4 is 0 Å². The van der Waals surface area contributed by atoms with Crippen molar-refractivity contribution in [3.8, 4) is 10.6 Å². The van der Waals surface area contributed by atoms with E-state index in [0.717, 1.165) is 6.42 Å². The van der Waals surface area contributed by atoms with E-state index < -0.39 is 0 Å². The first kappa shape index (κ1) is 10.6. The molecule has 0 amide bonds. The zero-order valence-electron chi connectivity index (χ0n) is 10.1. The smallest absolute Gasteiger partial charge is 0.0596 e. The minimum Gasteiger partial charge on any atom is -0.354 e. The van der Waals surface area contributed by atoms with Crippen molar-refractivity contribution in [2.24, 2.45) is 0 Å². The SMILES string of the molecule is CCc1ccc(-c2[nH]c3ccccc3c2C)s1. The van der Waals surface area contributed by atoms with Crippen LogP contribution in [0.25, 0.3) is 21.5 Å². The maximum absolute atomic E-state index is 3.53. The highest BCUT2D eigenvalue weighted by Crippen LogP contribution is 2.33. The van der Waals surface area contributed by atoms with E-state index in [4.69, 9.17) is 0 Å². The third-order valence-corrected chi connectivity index (χ3v) is 4.47. The number of hydrogen-bond acceptors (Lipinski definition) is 1. The van der Waals surface area contributed by atoms with Crippen molar-refractivity contribution in [2.75, 3.05) is 0 Å². The third-order valence-electron chi connectivity index (χ3n) is 3.22. The van der Waals surface area contributed by atoms with Crippen molar-refractivity contribution >= 4 is 22.2 Å². The molecule has 2 heterocycles. The summed E-state index contributed by atoms with van der Waals surface area (Å²) in [5.74, 6) is 0. The molecule has 0 fully saturated rings. The maximum atomic E-state index is 3.53. The van der Waals surface area contributed by atoms with Crippen molar-refractivity contribution in [3.05, 3.63) is 46.8 Å². The number of nitrogens with one attached hydrogen (secondary N) is 1. The Morgan fingerprint density at radius 1 is 1.12 bits per heavy atom. The van der Waals surface area contributed by atoms with Crippen LogP contribution in [0.15, 0.2) is 36.4 Å². The Morgan fingerprint density at radius 3 is 2.65 bits per heavy atom. The Morgan fingerprint density at radius 2 is 1.94 bits per heavy atom. The van der Waals surface area contributed by atoms with E-state index in [1.54, 1.807) is 0 Å². The normalized spacial score (nSPS) is 11.2. The summed E-state index contributed by atoms with van der Waals surface area (Å²) < 4.78 is 0. The average molecular weight is 241 g/mol. The van der Waals surface area contributed by atoms with Gasteiger partial charge in [-0.15, -0.1) is 11.3 Å². The standard InChI is InChI=1S/C15H15NS/c1-3-11-8-9-14(17-11)15-10(2)12-6-4-5-7-13(12)16-15/h4-9,16H,3H2,1-2H3. The van der Waals surface area contributed by atoms with Crippen LogP contribution >= 0.6 is 11.3 Å². The lowest BCUT2D eigenvalue weighted by Gasteiger charge is -1.95. The molecule has 3 rings (SSSR count). The molecule has 1 aromatic carbocycles. The number of aromatic nitrogens is 1. The molecular formula is C15H15NS. The second-order valence-corrected chi connectivity index (χ2v) is 5.46. The maximum Gasteiger partial charge on any atom is 0.0596 e. The second-order valence-electron chi connectivity index (χ2n) is 4.29. The van der Waals surface area contributed by atoms with Gasteiger partial charge in [0.1, 0.15) is 0 Å². The van der Waals surface area contributed by atoms with Crippen molar-refractivity contribution in [1.82, 2.24) is 4.98 Å². The molecule has 1 nitrogen and oxygen atoms in total. The molecule has 86 valence electrons. The Bertz CT molecular complexity index is 660. The van der Waals surface area contributed by atoms with Crippen molar-refractivity contribution in [3.63, 3.8) is 0 Å². The van der Waals surface area contributed by atoms with Crippen molar-refractivity contribution in [1.29, 1.82) is 0 Å². The number of H-pyrrole nitrogens is 1. The highest BCUT2D eigenvalue weighted by Gasteiger charge is 2.10. The fourth-order valence-corrected chi connectivity index (χ4v) is 3.24. The fraction of sp³-hybridized carbons (Fsp3) is 0.200. The van der Waals surface area contributed by atoms with Crippen LogP contribution in [0.2, 0.25) is 0 Å². The first-order valence-corrected chi connectivity index (χ1v) is 6.77. The average Bonchev–Trinajstić information content (AvgIpc) is 2.95. The molecule has 0 aliphatic heterocycles. The lowest BCUT2D eigenvalue weighted by atomic mass is 10.1. The highest BCUT2D eigenvalue weighted by atomic mass is 32.1. The number of para-hydroxylation sites is 1. The van der Waals surface area contributed by atoms with E-state index in [9.17, 15) is 0 Å². The second kappa shape index (κ2) is 4.04. The molecule has 0 aliphatic carbocycles. The van der Waals surface area contributed by atoms with E-state index in [1.165, 1.54) is 31.9 Å². The summed E-state index contributed by atoms with van der Waals surface area (Å²) in [4.78, 5) is 6.31. The van der Waals surface area contributed by atoms with Crippen molar-refractivity contribution in [2.45, 2.75) is 20.3 Å². The first-order valence-electron chi connectivity index (χ1n) is 5.96. The van der Waals surface area contributed by atoms with Gasteiger partial charge in [0.25, 0.3) is 0 Å². The molecule has 0 radical (unpaired) electrons. The Balaban J connectivity index is 2.20. The number of fused-ring (bicyclic) bond motifs is 1. The topological polar surface area (TPSA) is 15.8 Å². The molecule has 1 N–H and O–H groups in total. The molecule has 0 saturated carbocycles. The zero-order chi connectivity index (χ0) is 11.8. The Labute approximate surface area is 105 Å². The molecule has 0 aliphatic rings. The number of aromatic amines is 1. The van der Waals surface area contributed by atoms with Crippen LogP contribution in [0.4, 0.5) is 0 Å². The third kappa shape index (κ3) is 1.69. The van der Waals surface area contributed by atoms with Gasteiger partial charge >= 0.3 is 0 Å². The predicted octanol–water partition coefficient (Wildman–Crippen LogP) is 4.77. The van der Waals surface area contributed by atoms with Crippen LogP contribution in [-0.2, 0) is 6.42 Å². The van der Waals surface area contributed by atoms with Crippen LogP contribution in [0, 0.1) is 6.92 Å². The lowest BCUT2D eigenvalue weighted by molar-refractivity contribution is 1.19. The molecule has 0 unspecified atom stereocenters. The van der Waals surface area contributed by atoms with Gasteiger partial charge in [0, 0.05) is 15.8 Å². The number of thiophene rings is 1. The fourth-order valence-electron chi connectivity index (χ4n) is 2.23. The van der Waals surface area contributed by atoms with Gasteiger partial charge in [-0.25, -0.2) is 0 Å². The molecule has 0 saturated heterocycles. The van der Waals surface area contributed by atoms with E-state index in [1.807, 2.05) is 11.3 Å². The summed E-state index contributed by atoms with van der Waals surface area (Å²) in [7, 11) is 0. The predicted molar refractivity (Wildman–Crippen MR) is 75.7 cm³/mol. The van der Waals surface area contributed by atoms with Crippen molar-refractivity contribution < 1.29 is 0 Å². The molecular weight excluding hydrogens is 226 g/mol.